The fourth-order valence-corrected chi connectivity index (χ4v) is 3.23. The van der Waals surface area contributed by atoms with Crippen LogP contribution in [0.4, 0.5) is 8.78 Å². The molecule has 0 spiro atoms. The minimum absolute atomic E-state index is 0.166. The van der Waals surface area contributed by atoms with Gasteiger partial charge in [-0.15, -0.1) is 0 Å². The van der Waals surface area contributed by atoms with Crippen molar-refractivity contribution in [2.45, 2.75) is 51.7 Å². The lowest BCUT2D eigenvalue weighted by Crippen LogP contribution is -2.43. The van der Waals surface area contributed by atoms with Crippen molar-refractivity contribution in [3.63, 3.8) is 0 Å². The highest BCUT2D eigenvalue weighted by atomic mass is 19.3. The summed E-state index contributed by atoms with van der Waals surface area (Å²) in [5.41, 5.74) is 1.33. The normalized spacial score (nSPS) is 22.7. The first-order valence-electron chi connectivity index (χ1n) is 7.28. The Bertz CT molecular complexity index is 411. The van der Waals surface area contributed by atoms with Gasteiger partial charge in [0.1, 0.15) is 5.75 Å². The smallest absolute Gasteiger partial charge is 0.387 e. The Labute approximate surface area is 119 Å². The summed E-state index contributed by atoms with van der Waals surface area (Å²) in [6.45, 7) is 2.78. The molecule has 0 aliphatic carbocycles. The molecule has 0 bridgehead atoms. The third-order valence-electron chi connectivity index (χ3n) is 3.82. The molecule has 20 heavy (non-hydrogen) atoms. The molecule has 0 saturated carbocycles. The molecule has 1 fully saturated rings. The molecule has 112 valence electrons. The second-order valence-electron chi connectivity index (χ2n) is 6.11. The molecule has 2 rings (SSSR count). The van der Waals surface area contributed by atoms with Crippen molar-refractivity contribution in [3.05, 3.63) is 29.8 Å². The summed E-state index contributed by atoms with van der Waals surface area (Å²) in [5, 5.41) is 3.65. The number of alkyl halides is 2. The van der Waals surface area contributed by atoms with E-state index < -0.39 is 6.61 Å². The zero-order valence-corrected chi connectivity index (χ0v) is 12.2. The minimum atomic E-state index is -2.76. The molecule has 1 N–H and O–H groups in total. The van der Waals surface area contributed by atoms with Crippen LogP contribution in [0.1, 0.15) is 38.7 Å². The van der Waals surface area contributed by atoms with Gasteiger partial charge in [-0.1, -0.05) is 26.0 Å². The van der Waals surface area contributed by atoms with Gasteiger partial charge in [0, 0.05) is 5.54 Å². The summed E-state index contributed by atoms with van der Waals surface area (Å²) in [6.07, 6.45) is 4.47. The first-order valence-corrected chi connectivity index (χ1v) is 7.28. The summed E-state index contributed by atoms with van der Waals surface area (Å²) in [6, 6.07) is 7.03. The fraction of sp³-hybridized carbons (Fsp3) is 0.625. The quantitative estimate of drug-likeness (QED) is 0.852. The third kappa shape index (κ3) is 4.17. The summed E-state index contributed by atoms with van der Waals surface area (Å²) >= 11 is 0. The van der Waals surface area contributed by atoms with E-state index in [9.17, 15) is 8.78 Å². The zero-order chi connectivity index (χ0) is 14.6. The van der Waals surface area contributed by atoms with E-state index in [1.54, 1.807) is 12.1 Å². The monoisotopic (exact) mass is 283 g/mol. The van der Waals surface area contributed by atoms with Gasteiger partial charge in [0.2, 0.25) is 0 Å². The lowest BCUT2D eigenvalue weighted by atomic mass is 9.82. The van der Waals surface area contributed by atoms with E-state index in [2.05, 4.69) is 23.9 Å². The maximum Gasteiger partial charge on any atom is 0.387 e. The zero-order valence-electron chi connectivity index (χ0n) is 12.2. The van der Waals surface area contributed by atoms with Gasteiger partial charge in [-0.2, -0.15) is 8.78 Å². The van der Waals surface area contributed by atoms with Crippen molar-refractivity contribution < 1.29 is 13.5 Å². The van der Waals surface area contributed by atoms with Crippen LogP contribution >= 0.6 is 0 Å². The van der Waals surface area contributed by atoms with E-state index in [1.807, 2.05) is 12.1 Å². The molecule has 0 radical (unpaired) electrons. The van der Waals surface area contributed by atoms with Gasteiger partial charge in [0.15, 0.2) is 0 Å². The van der Waals surface area contributed by atoms with Crippen LogP contribution in [0.25, 0.3) is 0 Å². The van der Waals surface area contributed by atoms with Gasteiger partial charge in [-0.3, -0.25) is 0 Å². The first-order chi connectivity index (χ1) is 9.49. The Hall–Kier alpha value is -1.16. The summed E-state index contributed by atoms with van der Waals surface area (Å²) in [5.74, 6) is 0.864. The van der Waals surface area contributed by atoms with Crippen molar-refractivity contribution in [2.75, 3.05) is 6.54 Å². The predicted octanol–water partition coefficient (Wildman–Crippen LogP) is 4.00. The average molecular weight is 283 g/mol. The number of ether oxygens (including phenoxy) is 1. The topological polar surface area (TPSA) is 21.3 Å². The minimum Gasteiger partial charge on any atom is -0.435 e. The molecule has 4 heteroatoms. The molecular formula is C16H23F2NO. The summed E-state index contributed by atoms with van der Waals surface area (Å²) < 4.78 is 28.6. The maximum atomic E-state index is 12.1. The number of halogens is 2. The van der Waals surface area contributed by atoms with Gasteiger partial charge in [0.25, 0.3) is 0 Å². The number of hydrogen-bond donors (Lipinski definition) is 1. The number of nitrogens with one attached hydrogen (secondary N) is 1. The Balaban J connectivity index is 2.03. The van der Waals surface area contributed by atoms with Crippen molar-refractivity contribution >= 4 is 0 Å². The molecule has 1 atom stereocenters. The molecular weight excluding hydrogens is 260 g/mol. The van der Waals surface area contributed by atoms with E-state index in [-0.39, 0.29) is 11.3 Å². The van der Waals surface area contributed by atoms with E-state index in [0.717, 1.165) is 19.4 Å². The molecule has 1 aromatic rings. The van der Waals surface area contributed by atoms with Crippen molar-refractivity contribution in [1.29, 1.82) is 0 Å². The molecule has 1 aliphatic heterocycles. The third-order valence-corrected chi connectivity index (χ3v) is 3.82. The Morgan fingerprint density at radius 2 is 1.95 bits per heavy atom. The van der Waals surface area contributed by atoms with Crippen LogP contribution in [0.2, 0.25) is 0 Å². The highest BCUT2D eigenvalue weighted by Gasteiger charge is 2.33. The van der Waals surface area contributed by atoms with Gasteiger partial charge in [-0.25, -0.2) is 0 Å². The van der Waals surface area contributed by atoms with E-state index in [1.165, 1.54) is 18.4 Å². The lowest BCUT2D eigenvalue weighted by molar-refractivity contribution is -0.0498. The molecule has 0 amide bonds. The van der Waals surface area contributed by atoms with Crippen molar-refractivity contribution in [3.8, 4) is 5.75 Å². The average Bonchev–Trinajstić information content (AvgIpc) is 2.78. The van der Waals surface area contributed by atoms with Crippen LogP contribution in [0.5, 0.6) is 5.75 Å². The highest BCUT2D eigenvalue weighted by molar-refractivity contribution is 5.28. The number of hydrogen-bond acceptors (Lipinski definition) is 2. The first kappa shape index (κ1) is 15.2. The number of benzene rings is 1. The van der Waals surface area contributed by atoms with Crippen LogP contribution in [0.3, 0.4) is 0 Å². The SMILES string of the molecule is CC(C)CC1(Cc2ccc(OC(F)F)cc2)CCCN1. The Kier molecular flexibility index (Phi) is 4.97. The molecule has 1 heterocycles. The van der Waals surface area contributed by atoms with Gasteiger partial charge in [0.05, 0.1) is 0 Å². The molecule has 1 unspecified atom stereocenters. The Morgan fingerprint density at radius 1 is 1.25 bits per heavy atom. The molecule has 1 aliphatic rings. The maximum absolute atomic E-state index is 12.1. The standard InChI is InChI=1S/C16H23F2NO/c1-12(2)10-16(8-3-9-19-16)11-13-4-6-14(7-5-13)20-15(17)18/h4-7,12,15,19H,3,8-11H2,1-2H3. The Morgan fingerprint density at radius 3 is 2.45 bits per heavy atom. The van der Waals surface area contributed by atoms with Gasteiger partial charge >= 0.3 is 6.61 Å². The van der Waals surface area contributed by atoms with Crippen LogP contribution in [0.15, 0.2) is 24.3 Å². The molecule has 0 aromatic heterocycles. The van der Waals surface area contributed by atoms with E-state index >= 15 is 0 Å². The van der Waals surface area contributed by atoms with Crippen molar-refractivity contribution in [2.24, 2.45) is 5.92 Å². The molecule has 1 aromatic carbocycles. The largest absolute Gasteiger partial charge is 0.435 e. The lowest BCUT2D eigenvalue weighted by Gasteiger charge is -2.31. The predicted molar refractivity (Wildman–Crippen MR) is 76.2 cm³/mol. The molecule has 1 saturated heterocycles. The summed E-state index contributed by atoms with van der Waals surface area (Å²) in [7, 11) is 0. The van der Waals surface area contributed by atoms with E-state index in [0.29, 0.717) is 5.92 Å². The van der Waals surface area contributed by atoms with Gasteiger partial charge < -0.3 is 10.1 Å². The van der Waals surface area contributed by atoms with Crippen LogP contribution < -0.4 is 10.1 Å². The van der Waals surface area contributed by atoms with Gasteiger partial charge in [-0.05, 0) is 55.8 Å². The van der Waals surface area contributed by atoms with Crippen LogP contribution in [-0.2, 0) is 6.42 Å². The second-order valence-corrected chi connectivity index (χ2v) is 6.11. The summed E-state index contributed by atoms with van der Waals surface area (Å²) in [4.78, 5) is 0. The second kappa shape index (κ2) is 6.53. The van der Waals surface area contributed by atoms with Crippen LogP contribution in [-0.4, -0.2) is 18.7 Å². The van der Waals surface area contributed by atoms with E-state index in [4.69, 9.17) is 0 Å². The van der Waals surface area contributed by atoms with Crippen LogP contribution in [0, 0.1) is 5.92 Å². The number of rotatable bonds is 6. The fourth-order valence-electron chi connectivity index (χ4n) is 3.23. The van der Waals surface area contributed by atoms with Crippen molar-refractivity contribution in [1.82, 2.24) is 5.32 Å². The highest BCUT2D eigenvalue weighted by Crippen LogP contribution is 2.31. The molecule has 2 nitrogen and oxygen atoms in total.